The number of halogens is 1. The molecule has 13 nitrogen and oxygen atoms in total. The zero-order chi connectivity index (χ0) is 35.0. The van der Waals surface area contributed by atoms with E-state index in [1.807, 2.05) is 43.0 Å². The molecule has 0 bridgehead atoms. The molecule has 0 aliphatic carbocycles. The molecule has 1 N–H and O–H groups in total. The molecule has 0 saturated carbocycles. The normalized spacial score (nSPS) is 16.3. The number of aromatic nitrogens is 5. The molecule has 0 radical (unpaired) electrons. The third kappa shape index (κ3) is 10.4. The SMILES string of the molecule is Cc1ccc([C@H](COCCOc2ccc(CN3CCN(C(=O)/C=C/c4ccc(Cl)cc4Cn4nnc(C)n4)[C@H](C)C3)nc2)S(=O)(=O)O)cc1. The van der Waals surface area contributed by atoms with Gasteiger partial charge in [0, 0.05) is 43.3 Å². The predicted octanol–water partition coefficient (Wildman–Crippen LogP) is 4.16. The number of aryl methyl sites for hydroxylation is 2. The number of ether oxygens (including phenoxy) is 2. The van der Waals surface area contributed by atoms with Gasteiger partial charge in [-0.3, -0.25) is 19.2 Å². The van der Waals surface area contributed by atoms with E-state index >= 15 is 0 Å². The van der Waals surface area contributed by atoms with Crippen molar-refractivity contribution in [2.24, 2.45) is 0 Å². The largest absolute Gasteiger partial charge is 0.490 e. The van der Waals surface area contributed by atoms with Gasteiger partial charge in [0.1, 0.15) is 17.6 Å². The summed E-state index contributed by atoms with van der Waals surface area (Å²) in [7, 11) is -4.33. The molecule has 1 aliphatic heterocycles. The van der Waals surface area contributed by atoms with Crippen LogP contribution in [0.25, 0.3) is 6.08 Å². The third-order valence-corrected chi connectivity index (χ3v) is 9.49. The summed E-state index contributed by atoms with van der Waals surface area (Å²) in [4.78, 5) is 23.3. The van der Waals surface area contributed by atoms with Gasteiger partial charge in [0.2, 0.25) is 5.91 Å². The van der Waals surface area contributed by atoms with E-state index in [1.165, 1.54) is 4.80 Å². The van der Waals surface area contributed by atoms with Crippen molar-refractivity contribution in [1.82, 2.24) is 35.0 Å². The number of pyridine rings is 1. The number of nitrogens with zero attached hydrogens (tertiary/aromatic N) is 7. The van der Waals surface area contributed by atoms with E-state index in [0.717, 1.165) is 22.4 Å². The van der Waals surface area contributed by atoms with Crippen LogP contribution in [0.5, 0.6) is 5.75 Å². The number of amides is 1. The molecule has 260 valence electrons. The molecule has 5 rings (SSSR count). The average Bonchev–Trinajstić information content (AvgIpc) is 3.47. The van der Waals surface area contributed by atoms with Crippen LogP contribution in [0.4, 0.5) is 0 Å². The maximum Gasteiger partial charge on any atom is 0.274 e. The molecule has 1 aliphatic rings. The highest BCUT2D eigenvalue weighted by atomic mass is 35.5. The number of hydrogen-bond donors (Lipinski definition) is 1. The van der Waals surface area contributed by atoms with E-state index in [-0.39, 0.29) is 31.8 Å². The maximum atomic E-state index is 13.2. The Morgan fingerprint density at radius 2 is 1.88 bits per heavy atom. The molecule has 1 fully saturated rings. The van der Waals surface area contributed by atoms with Crippen LogP contribution >= 0.6 is 11.6 Å². The van der Waals surface area contributed by atoms with Gasteiger partial charge in [-0.25, -0.2) is 0 Å². The summed E-state index contributed by atoms with van der Waals surface area (Å²) >= 11 is 6.23. The van der Waals surface area contributed by atoms with Gasteiger partial charge in [-0.1, -0.05) is 47.5 Å². The van der Waals surface area contributed by atoms with Crippen LogP contribution in [0.2, 0.25) is 5.02 Å². The third-order valence-electron chi connectivity index (χ3n) is 8.13. The Hall–Kier alpha value is -4.21. The molecular formula is C34H40ClN7O6S. The number of tetrazole rings is 1. The molecule has 2 aromatic heterocycles. The summed E-state index contributed by atoms with van der Waals surface area (Å²) in [5.74, 6) is 1.08. The van der Waals surface area contributed by atoms with Gasteiger partial charge < -0.3 is 14.4 Å². The molecule has 4 aromatic rings. The summed E-state index contributed by atoms with van der Waals surface area (Å²) in [6, 6.07) is 16.1. The number of benzene rings is 2. The Kier molecular flexibility index (Phi) is 12.1. The van der Waals surface area contributed by atoms with Gasteiger partial charge >= 0.3 is 0 Å². The Bertz CT molecular complexity index is 1850. The van der Waals surface area contributed by atoms with Crippen LogP contribution in [0.15, 0.2) is 66.9 Å². The fraction of sp³-hybridized carbons (Fsp3) is 0.382. The molecule has 1 saturated heterocycles. The molecule has 49 heavy (non-hydrogen) atoms. The minimum Gasteiger partial charge on any atom is -0.490 e. The number of rotatable bonds is 14. The molecule has 15 heteroatoms. The van der Waals surface area contributed by atoms with Crippen LogP contribution < -0.4 is 4.74 Å². The predicted molar refractivity (Wildman–Crippen MR) is 185 cm³/mol. The fourth-order valence-electron chi connectivity index (χ4n) is 5.54. The lowest BCUT2D eigenvalue weighted by Crippen LogP contribution is -2.53. The smallest absolute Gasteiger partial charge is 0.274 e. The highest BCUT2D eigenvalue weighted by Crippen LogP contribution is 2.23. The van der Waals surface area contributed by atoms with Crippen molar-refractivity contribution in [3.63, 3.8) is 0 Å². The highest BCUT2D eigenvalue weighted by Gasteiger charge is 2.27. The molecule has 0 unspecified atom stereocenters. The first-order valence-corrected chi connectivity index (χ1v) is 17.7. The topological polar surface area (TPSA) is 153 Å². The zero-order valence-electron chi connectivity index (χ0n) is 27.6. The van der Waals surface area contributed by atoms with Crippen molar-refractivity contribution in [2.75, 3.05) is 39.5 Å². The Labute approximate surface area is 291 Å². The van der Waals surface area contributed by atoms with Crippen LogP contribution in [0.1, 0.15) is 45.9 Å². The Morgan fingerprint density at radius 3 is 2.55 bits per heavy atom. The molecule has 2 atom stereocenters. The van der Waals surface area contributed by atoms with Crippen LogP contribution in [0.3, 0.4) is 0 Å². The number of carbonyl (C=O) groups is 1. The second kappa shape index (κ2) is 16.5. The second-order valence-corrected chi connectivity index (χ2v) is 14.0. The van der Waals surface area contributed by atoms with Gasteiger partial charge in [-0.2, -0.15) is 13.2 Å². The van der Waals surface area contributed by atoms with Gasteiger partial charge in [-0.05, 0) is 73.0 Å². The number of hydrogen-bond acceptors (Lipinski definition) is 10. The second-order valence-electron chi connectivity index (χ2n) is 12.0. The quantitative estimate of drug-likeness (QED) is 0.114. The van der Waals surface area contributed by atoms with Crippen LogP contribution in [-0.2, 0) is 32.7 Å². The Morgan fingerprint density at radius 1 is 1.08 bits per heavy atom. The molecule has 0 spiro atoms. The first-order valence-electron chi connectivity index (χ1n) is 15.9. The zero-order valence-corrected chi connectivity index (χ0v) is 29.2. The lowest BCUT2D eigenvalue weighted by atomic mass is 10.1. The first-order chi connectivity index (χ1) is 23.4. The summed E-state index contributed by atoms with van der Waals surface area (Å²) in [6.45, 7) is 8.85. The van der Waals surface area contributed by atoms with Gasteiger partial charge in [0.15, 0.2) is 5.82 Å². The van der Waals surface area contributed by atoms with Crippen molar-refractivity contribution in [1.29, 1.82) is 0 Å². The van der Waals surface area contributed by atoms with Crippen molar-refractivity contribution in [2.45, 2.75) is 45.2 Å². The minimum absolute atomic E-state index is 0.00643. The summed E-state index contributed by atoms with van der Waals surface area (Å²) < 4.78 is 44.7. The number of piperazine rings is 1. The highest BCUT2D eigenvalue weighted by molar-refractivity contribution is 7.86. The molecule has 2 aromatic carbocycles. The van der Waals surface area contributed by atoms with Crippen LogP contribution in [-0.4, -0.2) is 99.4 Å². The van der Waals surface area contributed by atoms with Crippen LogP contribution in [0, 0.1) is 13.8 Å². The van der Waals surface area contributed by atoms with Gasteiger partial charge in [-0.15, -0.1) is 10.2 Å². The minimum atomic E-state index is -4.33. The maximum absolute atomic E-state index is 13.2. The molecule has 3 heterocycles. The van der Waals surface area contributed by atoms with E-state index in [1.54, 1.807) is 55.6 Å². The van der Waals surface area contributed by atoms with Crippen molar-refractivity contribution >= 4 is 33.7 Å². The Balaban J connectivity index is 1.06. The average molecular weight is 710 g/mol. The van der Waals surface area contributed by atoms with Crippen molar-refractivity contribution < 1.29 is 27.2 Å². The van der Waals surface area contributed by atoms with E-state index in [0.29, 0.717) is 54.9 Å². The van der Waals surface area contributed by atoms with Gasteiger partial charge in [0.25, 0.3) is 10.1 Å². The lowest BCUT2D eigenvalue weighted by Gasteiger charge is -2.39. The summed E-state index contributed by atoms with van der Waals surface area (Å²) in [5, 5.41) is 11.6. The lowest BCUT2D eigenvalue weighted by molar-refractivity contribution is -0.130. The van der Waals surface area contributed by atoms with Gasteiger partial charge in [0.05, 0.1) is 31.6 Å². The van der Waals surface area contributed by atoms with E-state index in [9.17, 15) is 17.8 Å². The summed E-state index contributed by atoms with van der Waals surface area (Å²) in [5.41, 5.74) is 4.06. The van der Waals surface area contributed by atoms with Crippen molar-refractivity contribution in [3.8, 4) is 5.75 Å². The molecule has 1 amide bonds. The standard InChI is InChI=1S/C34H40ClN7O6S/c1-24-4-6-28(7-5-24)33(49(44,45)46)23-47-16-17-48-32-12-11-31(36-19-32)22-40-14-15-41(25(2)20-40)34(43)13-9-27-8-10-30(35)18-29(27)21-42-38-26(3)37-39-42/h4-13,18-19,25,33H,14-17,20-23H2,1-3H3,(H,44,45,46)/b13-9+/t25-,33+/m1/s1. The summed E-state index contributed by atoms with van der Waals surface area (Å²) in [6.07, 6.45) is 5.04. The fourth-order valence-corrected chi connectivity index (χ4v) is 6.50. The van der Waals surface area contributed by atoms with E-state index in [2.05, 4.69) is 25.3 Å². The van der Waals surface area contributed by atoms with Crippen molar-refractivity contribution in [3.05, 3.63) is 106 Å². The number of carbonyl (C=O) groups excluding carboxylic acids is 1. The first kappa shape index (κ1) is 36.1. The van der Waals surface area contributed by atoms with E-state index < -0.39 is 15.4 Å². The monoisotopic (exact) mass is 709 g/mol. The van der Waals surface area contributed by atoms with E-state index in [4.69, 9.17) is 21.1 Å². The molecular weight excluding hydrogens is 670 g/mol.